The summed E-state index contributed by atoms with van der Waals surface area (Å²) in [5, 5.41) is 15.1. The Morgan fingerprint density at radius 1 is 1.03 bits per heavy atom. The number of rotatable bonds is 9. The molecule has 2 aromatic carbocycles. The molecule has 10 heteroatoms. The third-order valence-electron chi connectivity index (χ3n) is 6.55. The van der Waals surface area contributed by atoms with E-state index in [0.717, 1.165) is 12.8 Å². The second-order valence-corrected chi connectivity index (χ2v) is 10.7. The van der Waals surface area contributed by atoms with E-state index in [9.17, 15) is 19.2 Å². The van der Waals surface area contributed by atoms with Crippen molar-refractivity contribution in [3.05, 3.63) is 67.8 Å². The zero-order valence-electron chi connectivity index (χ0n) is 21.6. The summed E-state index contributed by atoms with van der Waals surface area (Å²) in [6.07, 6.45) is 2.23. The second kappa shape index (κ2) is 11.2. The molecule has 38 heavy (non-hydrogen) atoms. The highest BCUT2D eigenvalue weighted by molar-refractivity contribution is 6.32. The summed E-state index contributed by atoms with van der Waals surface area (Å²) < 4.78 is 2.93. The molecule has 0 aliphatic heterocycles. The van der Waals surface area contributed by atoms with Crippen LogP contribution in [0.2, 0.25) is 5.02 Å². The number of hydrogen-bond acceptors (Lipinski definition) is 5. The van der Waals surface area contributed by atoms with Crippen molar-refractivity contribution < 1.29 is 9.59 Å². The van der Waals surface area contributed by atoms with Crippen LogP contribution in [0, 0.1) is 23.2 Å². The minimum Gasteiger partial charge on any atom is -0.326 e. The van der Waals surface area contributed by atoms with Crippen LogP contribution in [-0.4, -0.2) is 20.9 Å². The van der Waals surface area contributed by atoms with Gasteiger partial charge in [0.2, 0.25) is 11.8 Å². The number of nitrogens with one attached hydrogen (secondary N) is 2. The van der Waals surface area contributed by atoms with E-state index in [4.69, 9.17) is 16.9 Å². The number of benzene rings is 2. The Bertz CT molecular complexity index is 1560. The number of nitriles is 1. The molecular weight excluding hydrogens is 506 g/mol. The van der Waals surface area contributed by atoms with Crippen LogP contribution >= 0.6 is 11.6 Å². The van der Waals surface area contributed by atoms with Crippen LogP contribution in [0.25, 0.3) is 10.9 Å². The van der Waals surface area contributed by atoms with Gasteiger partial charge in [0.25, 0.3) is 5.56 Å². The summed E-state index contributed by atoms with van der Waals surface area (Å²) >= 11 is 6.01. The predicted octanol–water partition coefficient (Wildman–Crippen LogP) is 4.67. The lowest BCUT2D eigenvalue weighted by molar-refractivity contribution is -0.118. The van der Waals surface area contributed by atoms with Gasteiger partial charge in [-0.3, -0.25) is 23.5 Å². The molecule has 0 bridgehead atoms. The van der Waals surface area contributed by atoms with Crippen LogP contribution < -0.4 is 21.9 Å². The van der Waals surface area contributed by atoms with Gasteiger partial charge in [0, 0.05) is 36.8 Å². The molecule has 198 valence electrons. The number of halogens is 1. The minimum atomic E-state index is -0.349. The summed E-state index contributed by atoms with van der Waals surface area (Å²) in [6, 6.07) is 11.4. The van der Waals surface area contributed by atoms with Crippen LogP contribution in [0.4, 0.5) is 11.4 Å². The SMILES string of the molecule is CC(CC(=O)Nc1ccc(C#N)c(Cl)c1)CC(=O)Nc1ccc2c(c1)c(=O)n(CC1CC1)c(=O)n2C(C)C. The van der Waals surface area contributed by atoms with Gasteiger partial charge in [-0.25, -0.2) is 4.79 Å². The molecule has 9 nitrogen and oxygen atoms in total. The number of hydrogen-bond donors (Lipinski definition) is 2. The smallest absolute Gasteiger partial charge is 0.326 e. The van der Waals surface area contributed by atoms with Crippen molar-refractivity contribution in [1.29, 1.82) is 5.26 Å². The summed E-state index contributed by atoms with van der Waals surface area (Å²) in [4.78, 5) is 51.4. The zero-order valence-corrected chi connectivity index (χ0v) is 22.3. The molecule has 1 unspecified atom stereocenters. The van der Waals surface area contributed by atoms with E-state index >= 15 is 0 Å². The molecule has 1 heterocycles. The number of anilines is 2. The Hall–Kier alpha value is -3.90. The number of fused-ring (bicyclic) bond motifs is 1. The Morgan fingerprint density at radius 3 is 2.18 bits per heavy atom. The summed E-state index contributed by atoms with van der Waals surface area (Å²) in [5.41, 5.74) is 1.12. The lowest BCUT2D eigenvalue weighted by Gasteiger charge is -2.18. The third kappa shape index (κ3) is 6.14. The van der Waals surface area contributed by atoms with Crippen molar-refractivity contribution in [1.82, 2.24) is 9.13 Å². The van der Waals surface area contributed by atoms with Crippen LogP contribution in [0.5, 0.6) is 0 Å². The molecule has 1 aliphatic rings. The third-order valence-corrected chi connectivity index (χ3v) is 6.86. The normalized spacial score (nSPS) is 13.8. The quantitative estimate of drug-likeness (QED) is 0.411. The van der Waals surface area contributed by atoms with Crippen LogP contribution in [0.15, 0.2) is 46.0 Å². The topological polar surface area (TPSA) is 126 Å². The van der Waals surface area contributed by atoms with Gasteiger partial charge in [-0.15, -0.1) is 0 Å². The first-order valence-corrected chi connectivity index (χ1v) is 13.0. The van der Waals surface area contributed by atoms with E-state index in [1.807, 2.05) is 19.9 Å². The van der Waals surface area contributed by atoms with E-state index in [1.54, 1.807) is 35.8 Å². The van der Waals surface area contributed by atoms with Crippen molar-refractivity contribution in [3.63, 3.8) is 0 Å². The average molecular weight is 536 g/mol. The zero-order chi connectivity index (χ0) is 27.6. The first-order chi connectivity index (χ1) is 18.1. The Labute approximate surface area is 225 Å². The van der Waals surface area contributed by atoms with Gasteiger partial charge in [-0.2, -0.15) is 5.26 Å². The first-order valence-electron chi connectivity index (χ1n) is 12.7. The second-order valence-electron chi connectivity index (χ2n) is 10.3. The fourth-order valence-electron chi connectivity index (χ4n) is 4.49. The van der Waals surface area contributed by atoms with Crippen molar-refractivity contribution in [2.75, 3.05) is 10.6 Å². The highest BCUT2D eigenvalue weighted by Crippen LogP contribution is 2.30. The van der Waals surface area contributed by atoms with E-state index in [-0.39, 0.29) is 52.9 Å². The Balaban J connectivity index is 1.44. The Kier molecular flexibility index (Phi) is 8.02. The highest BCUT2D eigenvalue weighted by Gasteiger charge is 2.25. The molecule has 2 N–H and O–H groups in total. The van der Waals surface area contributed by atoms with Crippen molar-refractivity contribution >= 4 is 45.7 Å². The molecule has 0 spiro atoms. The molecule has 0 radical (unpaired) electrons. The van der Waals surface area contributed by atoms with E-state index in [1.165, 1.54) is 16.7 Å². The largest absolute Gasteiger partial charge is 0.331 e. The van der Waals surface area contributed by atoms with Gasteiger partial charge in [0.1, 0.15) is 6.07 Å². The fourth-order valence-corrected chi connectivity index (χ4v) is 4.71. The molecular formula is C28H30ClN5O4. The monoisotopic (exact) mass is 535 g/mol. The van der Waals surface area contributed by atoms with Crippen LogP contribution in [0.1, 0.15) is 58.1 Å². The maximum Gasteiger partial charge on any atom is 0.331 e. The highest BCUT2D eigenvalue weighted by atomic mass is 35.5. The van der Waals surface area contributed by atoms with Crippen molar-refractivity contribution in [2.45, 2.75) is 59.0 Å². The van der Waals surface area contributed by atoms with Gasteiger partial charge < -0.3 is 10.6 Å². The molecule has 1 fully saturated rings. The molecule has 1 saturated carbocycles. The molecule has 1 aromatic heterocycles. The van der Waals surface area contributed by atoms with E-state index in [2.05, 4.69) is 10.6 Å². The number of amides is 2. The molecule has 1 atom stereocenters. The average Bonchev–Trinajstić information content (AvgIpc) is 3.66. The molecule has 3 aromatic rings. The molecule has 1 aliphatic carbocycles. The van der Waals surface area contributed by atoms with Gasteiger partial charge in [-0.05, 0) is 74.9 Å². The number of aromatic nitrogens is 2. The first kappa shape index (κ1) is 27.1. The summed E-state index contributed by atoms with van der Waals surface area (Å²) in [5.74, 6) is -0.471. The van der Waals surface area contributed by atoms with E-state index in [0.29, 0.717) is 40.3 Å². The summed E-state index contributed by atoms with van der Waals surface area (Å²) in [6.45, 7) is 6.00. The van der Waals surface area contributed by atoms with Crippen molar-refractivity contribution in [2.24, 2.45) is 11.8 Å². The van der Waals surface area contributed by atoms with Gasteiger partial charge >= 0.3 is 5.69 Å². The maximum atomic E-state index is 13.2. The number of nitrogens with zero attached hydrogens (tertiary/aromatic N) is 3. The van der Waals surface area contributed by atoms with Crippen molar-refractivity contribution in [3.8, 4) is 6.07 Å². The van der Waals surface area contributed by atoms with Gasteiger partial charge in [0.05, 0.1) is 21.5 Å². The van der Waals surface area contributed by atoms with E-state index < -0.39 is 0 Å². The van der Waals surface area contributed by atoms with Crippen LogP contribution in [-0.2, 0) is 16.1 Å². The fraction of sp³-hybridized carbons (Fsp3) is 0.393. The lowest BCUT2D eigenvalue weighted by Crippen LogP contribution is -2.41. The standard InChI is InChI=1S/C28H30ClN5O4/c1-16(2)34-24-9-8-20(12-22(24)27(37)33(28(34)38)15-18-4-5-18)31-25(35)10-17(3)11-26(36)32-21-7-6-19(14-30)23(29)13-21/h6-9,12-13,16-18H,4-5,10-11,15H2,1-3H3,(H,31,35)(H,32,36). The Morgan fingerprint density at radius 2 is 1.63 bits per heavy atom. The molecule has 2 amide bonds. The summed E-state index contributed by atoms with van der Waals surface area (Å²) in [7, 11) is 0. The van der Waals surface area contributed by atoms with Crippen LogP contribution in [0.3, 0.4) is 0 Å². The van der Waals surface area contributed by atoms with Gasteiger partial charge in [-0.1, -0.05) is 18.5 Å². The maximum absolute atomic E-state index is 13.2. The lowest BCUT2D eigenvalue weighted by atomic mass is 10.0. The predicted molar refractivity (Wildman–Crippen MR) is 147 cm³/mol. The van der Waals surface area contributed by atoms with Gasteiger partial charge in [0.15, 0.2) is 0 Å². The molecule has 0 saturated heterocycles. The molecule has 4 rings (SSSR count). The number of carbonyl (C=O) groups excluding carboxylic acids is 2. The minimum absolute atomic E-state index is 0.0942. The number of carbonyl (C=O) groups is 2.